The van der Waals surface area contributed by atoms with Gasteiger partial charge in [-0.25, -0.2) is 14.5 Å². The van der Waals surface area contributed by atoms with Crippen LogP contribution in [0, 0.1) is 0 Å². The third kappa shape index (κ3) is 3.94. The fourth-order valence-corrected chi connectivity index (χ4v) is 3.18. The van der Waals surface area contributed by atoms with E-state index in [1.807, 2.05) is 12.1 Å². The van der Waals surface area contributed by atoms with Gasteiger partial charge in [-0.2, -0.15) is 0 Å². The van der Waals surface area contributed by atoms with Crippen LogP contribution in [0.1, 0.15) is 35.7 Å². The lowest BCUT2D eigenvalue weighted by molar-refractivity contribution is 0.0697. The van der Waals surface area contributed by atoms with Gasteiger partial charge in [0.05, 0.1) is 11.3 Å². The van der Waals surface area contributed by atoms with Crippen molar-refractivity contribution in [2.45, 2.75) is 19.8 Å². The zero-order valence-corrected chi connectivity index (χ0v) is 16.3. The molecule has 1 aromatic heterocycles. The quantitative estimate of drug-likeness (QED) is 0.499. The van der Waals surface area contributed by atoms with Gasteiger partial charge in [-0.15, -0.1) is 5.10 Å². The van der Waals surface area contributed by atoms with Crippen molar-refractivity contribution < 1.29 is 9.90 Å². The van der Waals surface area contributed by atoms with Crippen LogP contribution in [-0.2, 0) is 0 Å². The second kappa shape index (κ2) is 7.72. The summed E-state index contributed by atoms with van der Waals surface area (Å²) in [6, 6.07) is 23.4. The normalized spacial score (nSPS) is 11.0. The number of nitrogens with zero attached hydrogens (tertiary/aromatic N) is 3. The van der Waals surface area contributed by atoms with Gasteiger partial charge in [0.15, 0.2) is 5.82 Å². The van der Waals surface area contributed by atoms with Crippen molar-refractivity contribution >= 4 is 5.97 Å². The Bertz CT molecular complexity index is 1140. The van der Waals surface area contributed by atoms with Crippen LogP contribution in [0.25, 0.3) is 28.2 Å². The standard InChI is InChI=1S/C24H21N3O2/c1-16(2)17-6-8-18(9-7-17)19-10-12-22(13-11-19)27-15-25-23(26-27)20-4-3-5-21(14-20)24(28)29/h3-16H,1-2H3,(H,28,29). The molecule has 0 saturated heterocycles. The SMILES string of the molecule is CC(C)c1ccc(-c2ccc(-n3cnc(-c4cccc(C(=O)O)c4)n3)cc2)cc1. The van der Waals surface area contributed by atoms with Gasteiger partial charge in [-0.1, -0.05) is 62.4 Å². The third-order valence-electron chi connectivity index (χ3n) is 4.90. The Morgan fingerprint density at radius 1 is 0.897 bits per heavy atom. The minimum absolute atomic E-state index is 0.215. The Hall–Kier alpha value is -3.73. The van der Waals surface area contributed by atoms with Crippen molar-refractivity contribution in [1.29, 1.82) is 0 Å². The highest BCUT2D eigenvalue weighted by molar-refractivity contribution is 5.89. The van der Waals surface area contributed by atoms with Crippen molar-refractivity contribution in [3.05, 3.63) is 90.3 Å². The lowest BCUT2D eigenvalue weighted by Gasteiger charge is -2.08. The zero-order chi connectivity index (χ0) is 20.4. The summed E-state index contributed by atoms with van der Waals surface area (Å²) < 4.78 is 1.69. The Morgan fingerprint density at radius 3 is 2.17 bits per heavy atom. The van der Waals surface area contributed by atoms with E-state index in [-0.39, 0.29) is 5.56 Å². The van der Waals surface area contributed by atoms with Crippen molar-refractivity contribution in [3.8, 4) is 28.2 Å². The van der Waals surface area contributed by atoms with Crippen LogP contribution >= 0.6 is 0 Å². The number of hydrogen-bond donors (Lipinski definition) is 1. The number of rotatable bonds is 5. The van der Waals surface area contributed by atoms with Crippen molar-refractivity contribution in [2.75, 3.05) is 0 Å². The number of carboxylic acid groups (broad SMARTS) is 1. The van der Waals surface area contributed by atoms with Crippen molar-refractivity contribution in [2.24, 2.45) is 0 Å². The average molecular weight is 383 g/mol. The van der Waals surface area contributed by atoms with E-state index < -0.39 is 5.97 Å². The van der Waals surface area contributed by atoms with Crippen LogP contribution < -0.4 is 0 Å². The summed E-state index contributed by atoms with van der Waals surface area (Å²) in [6.07, 6.45) is 1.63. The second-order valence-corrected chi connectivity index (χ2v) is 7.22. The molecular weight excluding hydrogens is 362 g/mol. The molecule has 0 unspecified atom stereocenters. The van der Waals surface area contributed by atoms with E-state index in [1.165, 1.54) is 11.1 Å². The highest BCUT2D eigenvalue weighted by Crippen LogP contribution is 2.24. The minimum atomic E-state index is -0.969. The molecule has 0 aliphatic carbocycles. The minimum Gasteiger partial charge on any atom is -0.478 e. The van der Waals surface area contributed by atoms with Gasteiger partial charge >= 0.3 is 5.97 Å². The molecule has 4 aromatic rings. The predicted octanol–water partition coefficient (Wildman–Crippen LogP) is 5.42. The fraction of sp³-hybridized carbons (Fsp3) is 0.125. The maximum Gasteiger partial charge on any atom is 0.335 e. The van der Waals surface area contributed by atoms with E-state index >= 15 is 0 Å². The molecule has 144 valence electrons. The van der Waals surface area contributed by atoms with Gasteiger partial charge in [0.1, 0.15) is 6.33 Å². The van der Waals surface area contributed by atoms with Crippen LogP contribution in [0.3, 0.4) is 0 Å². The van der Waals surface area contributed by atoms with Gasteiger partial charge in [-0.3, -0.25) is 0 Å². The molecule has 0 spiro atoms. The molecule has 5 nitrogen and oxygen atoms in total. The molecule has 0 aliphatic rings. The number of hydrogen-bond acceptors (Lipinski definition) is 3. The molecular formula is C24H21N3O2. The molecule has 3 aromatic carbocycles. The fourth-order valence-electron chi connectivity index (χ4n) is 3.18. The molecule has 1 heterocycles. The van der Waals surface area contributed by atoms with Crippen molar-refractivity contribution in [1.82, 2.24) is 14.8 Å². The van der Waals surface area contributed by atoms with E-state index in [2.05, 4.69) is 60.3 Å². The summed E-state index contributed by atoms with van der Waals surface area (Å²) in [6.45, 7) is 4.38. The molecule has 0 amide bonds. The first-order valence-corrected chi connectivity index (χ1v) is 9.47. The summed E-state index contributed by atoms with van der Waals surface area (Å²) in [7, 11) is 0. The Morgan fingerprint density at radius 2 is 1.55 bits per heavy atom. The van der Waals surface area contributed by atoms with Gasteiger partial charge < -0.3 is 5.11 Å². The van der Waals surface area contributed by atoms with Gasteiger partial charge in [0.2, 0.25) is 0 Å². The number of carboxylic acids is 1. The zero-order valence-electron chi connectivity index (χ0n) is 16.3. The number of benzene rings is 3. The van der Waals surface area contributed by atoms with Crippen LogP contribution in [-0.4, -0.2) is 25.8 Å². The summed E-state index contributed by atoms with van der Waals surface area (Å²) >= 11 is 0. The summed E-state index contributed by atoms with van der Waals surface area (Å²) in [4.78, 5) is 15.5. The summed E-state index contributed by atoms with van der Waals surface area (Å²) in [5, 5.41) is 13.7. The highest BCUT2D eigenvalue weighted by atomic mass is 16.4. The Labute approximate surface area is 169 Å². The van der Waals surface area contributed by atoms with Gasteiger partial charge in [-0.05, 0) is 46.9 Å². The molecule has 0 fully saturated rings. The maximum absolute atomic E-state index is 11.2. The van der Waals surface area contributed by atoms with Crippen LogP contribution in [0.15, 0.2) is 79.1 Å². The summed E-state index contributed by atoms with van der Waals surface area (Å²) in [5.74, 6) is 0.0360. The third-order valence-corrected chi connectivity index (χ3v) is 4.90. The lowest BCUT2D eigenvalue weighted by Crippen LogP contribution is -1.97. The number of carbonyl (C=O) groups is 1. The van der Waals surface area contributed by atoms with E-state index in [0.29, 0.717) is 17.3 Å². The number of aromatic nitrogens is 3. The topological polar surface area (TPSA) is 68.0 Å². The molecule has 1 N–H and O–H groups in total. The Kier molecular flexibility index (Phi) is 4.96. The van der Waals surface area contributed by atoms with Crippen molar-refractivity contribution in [3.63, 3.8) is 0 Å². The summed E-state index contributed by atoms with van der Waals surface area (Å²) in [5.41, 5.74) is 5.41. The Balaban J connectivity index is 1.57. The predicted molar refractivity (Wildman–Crippen MR) is 113 cm³/mol. The molecule has 0 saturated carbocycles. The van der Waals surface area contributed by atoms with E-state index in [0.717, 1.165) is 11.3 Å². The first-order valence-electron chi connectivity index (χ1n) is 9.47. The van der Waals surface area contributed by atoms with E-state index in [1.54, 1.807) is 35.3 Å². The van der Waals surface area contributed by atoms with Crippen LogP contribution in [0.2, 0.25) is 0 Å². The smallest absolute Gasteiger partial charge is 0.335 e. The highest BCUT2D eigenvalue weighted by Gasteiger charge is 2.09. The molecule has 4 rings (SSSR count). The average Bonchev–Trinajstić information content (AvgIpc) is 3.24. The van der Waals surface area contributed by atoms with E-state index in [9.17, 15) is 4.79 Å². The molecule has 5 heteroatoms. The largest absolute Gasteiger partial charge is 0.478 e. The monoisotopic (exact) mass is 383 g/mol. The molecule has 0 radical (unpaired) electrons. The second-order valence-electron chi connectivity index (χ2n) is 7.22. The van der Waals surface area contributed by atoms with Crippen LogP contribution in [0.5, 0.6) is 0 Å². The molecule has 29 heavy (non-hydrogen) atoms. The first-order chi connectivity index (χ1) is 14.0. The molecule has 0 atom stereocenters. The van der Waals surface area contributed by atoms with Crippen LogP contribution in [0.4, 0.5) is 0 Å². The molecule has 0 aliphatic heterocycles. The van der Waals surface area contributed by atoms with Gasteiger partial charge in [0.25, 0.3) is 0 Å². The van der Waals surface area contributed by atoms with E-state index in [4.69, 9.17) is 5.11 Å². The lowest BCUT2D eigenvalue weighted by atomic mass is 9.99. The first kappa shape index (κ1) is 18.6. The maximum atomic E-state index is 11.2. The number of aromatic carboxylic acids is 1. The molecule has 0 bridgehead atoms. The van der Waals surface area contributed by atoms with Gasteiger partial charge in [0, 0.05) is 5.56 Å².